The Kier molecular flexibility index (Phi) is 4.58. The Balaban J connectivity index is 2.10. The molecule has 0 bridgehead atoms. The van der Waals surface area contributed by atoms with Crippen molar-refractivity contribution in [2.24, 2.45) is 0 Å². The van der Waals surface area contributed by atoms with E-state index in [0.29, 0.717) is 17.2 Å². The summed E-state index contributed by atoms with van der Waals surface area (Å²) in [5, 5.41) is 2.67. The molecule has 0 saturated carbocycles. The predicted octanol–water partition coefficient (Wildman–Crippen LogP) is 5.46. The molecule has 2 aromatic carbocycles. The van der Waals surface area contributed by atoms with Gasteiger partial charge < -0.3 is 5.32 Å². The minimum absolute atomic E-state index is 0.0468. The van der Waals surface area contributed by atoms with Gasteiger partial charge in [-0.2, -0.15) is 13.2 Å². The molecule has 0 fully saturated rings. The molecule has 4 aromatic rings. The Morgan fingerprint density at radius 2 is 1.55 bits per heavy atom. The van der Waals surface area contributed by atoms with Crippen molar-refractivity contribution < 1.29 is 13.2 Å². The summed E-state index contributed by atoms with van der Waals surface area (Å²) in [6.45, 7) is 1.48. The number of aromatic nitrogens is 2. The van der Waals surface area contributed by atoms with Crippen LogP contribution >= 0.6 is 0 Å². The Labute approximate surface area is 164 Å². The number of anilines is 2. The van der Waals surface area contributed by atoms with Crippen molar-refractivity contribution in [3.8, 4) is 5.69 Å². The van der Waals surface area contributed by atoms with Crippen molar-refractivity contribution in [3.63, 3.8) is 0 Å². The van der Waals surface area contributed by atoms with Gasteiger partial charge in [0.25, 0.3) is 0 Å². The molecule has 2 heterocycles. The summed E-state index contributed by atoms with van der Waals surface area (Å²) in [7, 11) is 0. The molecule has 0 spiro atoms. The Morgan fingerprint density at radius 1 is 0.931 bits per heavy atom. The zero-order valence-corrected chi connectivity index (χ0v) is 15.4. The fourth-order valence-corrected chi connectivity index (χ4v) is 3.26. The second-order valence-electron chi connectivity index (χ2n) is 6.56. The molecule has 4 rings (SSSR count). The van der Waals surface area contributed by atoms with E-state index in [0.717, 1.165) is 6.07 Å². The molecule has 7 heteroatoms. The van der Waals surface area contributed by atoms with Crippen LogP contribution in [0.1, 0.15) is 11.3 Å². The van der Waals surface area contributed by atoms with Gasteiger partial charge in [0.2, 0.25) is 0 Å². The van der Waals surface area contributed by atoms with Gasteiger partial charge >= 0.3 is 6.18 Å². The number of nitrogens with one attached hydrogen (secondary N) is 1. The van der Waals surface area contributed by atoms with Crippen LogP contribution in [0.25, 0.3) is 16.7 Å². The number of nitrogens with zero attached hydrogens (tertiary/aromatic N) is 2. The molecule has 4 nitrogen and oxygen atoms in total. The molecular weight excluding hydrogens is 379 g/mol. The van der Waals surface area contributed by atoms with E-state index in [-0.39, 0.29) is 11.3 Å². The first-order chi connectivity index (χ1) is 13.8. The van der Waals surface area contributed by atoms with Gasteiger partial charge in [-0.1, -0.05) is 36.4 Å². The molecule has 29 heavy (non-hydrogen) atoms. The number of halogens is 3. The van der Waals surface area contributed by atoms with Crippen LogP contribution in [0.15, 0.2) is 77.6 Å². The molecule has 2 aromatic heterocycles. The molecular formula is C22H16F3N3O. The van der Waals surface area contributed by atoms with Gasteiger partial charge in [-0.25, -0.2) is 4.98 Å². The van der Waals surface area contributed by atoms with E-state index < -0.39 is 22.6 Å². The number of benzene rings is 2. The number of hydrogen-bond acceptors (Lipinski definition) is 3. The maximum absolute atomic E-state index is 13.7. The highest BCUT2D eigenvalue weighted by molar-refractivity contribution is 5.84. The van der Waals surface area contributed by atoms with Gasteiger partial charge in [0.15, 0.2) is 11.1 Å². The van der Waals surface area contributed by atoms with Crippen molar-refractivity contribution in [3.05, 3.63) is 94.3 Å². The van der Waals surface area contributed by atoms with Crippen molar-refractivity contribution in [1.82, 2.24) is 9.55 Å². The maximum atomic E-state index is 13.7. The molecule has 0 radical (unpaired) electrons. The Morgan fingerprint density at radius 3 is 2.17 bits per heavy atom. The van der Waals surface area contributed by atoms with Gasteiger partial charge in [-0.05, 0) is 37.3 Å². The lowest BCUT2D eigenvalue weighted by molar-refractivity contribution is -0.136. The maximum Gasteiger partial charge on any atom is 0.417 e. The minimum atomic E-state index is -4.67. The van der Waals surface area contributed by atoms with Crippen molar-refractivity contribution in [2.75, 3.05) is 5.32 Å². The zero-order valence-electron chi connectivity index (χ0n) is 15.4. The second-order valence-corrected chi connectivity index (χ2v) is 6.56. The number of pyridine rings is 2. The first-order valence-corrected chi connectivity index (χ1v) is 8.87. The molecule has 0 aliphatic carbocycles. The quantitative estimate of drug-likeness (QED) is 0.501. The Bertz CT molecular complexity index is 1230. The van der Waals surface area contributed by atoms with Crippen LogP contribution in [0.2, 0.25) is 0 Å². The summed E-state index contributed by atoms with van der Waals surface area (Å²) >= 11 is 0. The number of rotatable bonds is 3. The van der Waals surface area contributed by atoms with Crippen LogP contribution in [-0.2, 0) is 6.18 Å². The molecule has 1 N–H and O–H groups in total. The van der Waals surface area contributed by atoms with Crippen molar-refractivity contribution in [2.45, 2.75) is 13.1 Å². The first-order valence-electron chi connectivity index (χ1n) is 8.87. The van der Waals surface area contributed by atoms with Crippen molar-refractivity contribution >= 4 is 22.5 Å². The Hall–Kier alpha value is -3.61. The number of aryl methyl sites for hydroxylation is 1. The number of para-hydroxylation sites is 2. The molecule has 146 valence electrons. The monoisotopic (exact) mass is 395 g/mol. The van der Waals surface area contributed by atoms with E-state index in [9.17, 15) is 18.0 Å². The molecule has 0 saturated heterocycles. The lowest BCUT2D eigenvalue weighted by Crippen LogP contribution is -2.18. The second kappa shape index (κ2) is 7.09. The van der Waals surface area contributed by atoms with Crippen LogP contribution in [-0.4, -0.2) is 9.55 Å². The molecule has 0 aliphatic rings. The van der Waals surface area contributed by atoms with E-state index in [4.69, 9.17) is 0 Å². The fraction of sp³-hybridized carbons (Fsp3) is 0.0909. The zero-order chi connectivity index (χ0) is 20.6. The van der Waals surface area contributed by atoms with Crippen LogP contribution in [0.3, 0.4) is 0 Å². The van der Waals surface area contributed by atoms with E-state index in [1.165, 1.54) is 17.6 Å². The molecule has 0 unspecified atom stereocenters. The van der Waals surface area contributed by atoms with E-state index in [1.807, 2.05) is 18.2 Å². The fourth-order valence-electron chi connectivity index (χ4n) is 3.26. The largest absolute Gasteiger partial charge is 0.417 e. The highest BCUT2D eigenvalue weighted by Crippen LogP contribution is 2.35. The van der Waals surface area contributed by atoms with Crippen molar-refractivity contribution in [1.29, 1.82) is 0 Å². The van der Waals surface area contributed by atoms with Gasteiger partial charge in [-0.3, -0.25) is 9.36 Å². The smallest absolute Gasteiger partial charge is 0.341 e. The number of fused-ring (bicyclic) bond motifs is 1. The SMILES string of the molecule is Cc1cc(C(F)(F)F)c2c(=O)cc(Nc3ccccc3)n(-c3ccccc3)c2n1. The van der Waals surface area contributed by atoms with Crippen LogP contribution in [0.4, 0.5) is 24.7 Å². The summed E-state index contributed by atoms with van der Waals surface area (Å²) in [4.78, 5) is 17.1. The molecule has 0 atom stereocenters. The number of alkyl halides is 3. The van der Waals surface area contributed by atoms with Crippen LogP contribution in [0.5, 0.6) is 0 Å². The van der Waals surface area contributed by atoms with E-state index >= 15 is 0 Å². The normalized spacial score (nSPS) is 11.6. The lowest BCUT2D eigenvalue weighted by Gasteiger charge is -2.20. The van der Waals surface area contributed by atoms with Gasteiger partial charge in [-0.15, -0.1) is 0 Å². The topological polar surface area (TPSA) is 46.9 Å². The third-order valence-electron chi connectivity index (χ3n) is 4.46. The summed E-state index contributed by atoms with van der Waals surface area (Å²) in [5.41, 5.74) is -0.326. The first kappa shape index (κ1) is 18.7. The third-order valence-corrected chi connectivity index (χ3v) is 4.46. The third kappa shape index (κ3) is 3.59. The summed E-state index contributed by atoms with van der Waals surface area (Å²) < 4.78 is 42.5. The molecule has 0 amide bonds. The van der Waals surface area contributed by atoms with Gasteiger partial charge in [0.05, 0.1) is 10.9 Å². The summed E-state index contributed by atoms with van der Waals surface area (Å²) in [6.07, 6.45) is -4.67. The van der Waals surface area contributed by atoms with E-state index in [2.05, 4.69) is 10.3 Å². The highest BCUT2D eigenvalue weighted by Gasteiger charge is 2.35. The predicted molar refractivity (Wildman–Crippen MR) is 107 cm³/mol. The number of hydrogen-bond donors (Lipinski definition) is 1. The highest BCUT2D eigenvalue weighted by atomic mass is 19.4. The average Bonchev–Trinajstić information content (AvgIpc) is 2.68. The summed E-state index contributed by atoms with van der Waals surface area (Å²) in [5.74, 6) is 0.325. The lowest BCUT2D eigenvalue weighted by atomic mass is 10.1. The molecule has 0 aliphatic heterocycles. The standard InChI is InChI=1S/C22H16F3N3O/c1-14-12-17(22(23,24)25)20-18(29)13-19(27-15-8-4-2-5-9-15)28(21(20)26-14)16-10-6-3-7-11-16/h2-13,27H,1H3. The minimum Gasteiger partial charge on any atom is -0.341 e. The van der Waals surface area contributed by atoms with Crippen LogP contribution < -0.4 is 10.7 Å². The van der Waals surface area contributed by atoms with Crippen LogP contribution in [0, 0.1) is 6.92 Å². The van der Waals surface area contributed by atoms with Gasteiger partial charge in [0.1, 0.15) is 5.82 Å². The summed E-state index contributed by atoms with van der Waals surface area (Å²) in [6, 6.07) is 20.0. The van der Waals surface area contributed by atoms with E-state index in [1.54, 1.807) is 42.5 Å². The van der Waals surface area contributed by atoms with Gasteiger partial charge in [0, 0.05) is 23.1 Å². The average molecular weight is 395 g/mol.